The van der Waals surface area contributed by atoms with E-state index >= 15 is 0 Å². The summed E-state index contributed by atoms with van der Waals surface area (Å²) >= 11 is 0. The number of hydrogen-bond acceptors (Lipinski definition) is 3. The summed E-state index contributed by atoms with van der Waals surface area (Å²) < 4.78 is 5.25. The highest BCUT2D eigenvalue weighted by molar-refractivity contribution is 5.87. The molecule has 0 aliphatic carbocycles. The Balaban J connectivity index is 2.69. The molecule has 0 unspecified atom stereocenters. The number of anilines is 1. The van der Waals surface area contributed by atoms with Crippen molar-refractivity contribution in [2.45, 2.75) is 59.0 Å². The quantitative estimate of drug-likeness (QED) is 0.582. The van der Waals surface area contributed by atoms with Gasteiger partial charge in [-0.3, -0.25) is 10.3 Å². The Bertz CT molecular complexity index is 538. The minimum atomic E-state index is -0.522. The van der Waals surface area contributed by atoms with E-state index in [1.54, 1.807) is 18.5 Å². The molecule has 0 fully saturated rings. The van der Waals surface area contributed by atoms with Crippen LogP contribution in [0.15, 0.2) is 30.3 Å². The molecule has 0 bridgehead atoms. The lowest BCUT2D eigenvalue weighted by Crippen LogP contribution is -2.27. The third-order valence-corrected chi connectivity index (χ3v) is 2.80. The lowest BCUT2D eigenvalue weighted by Gasteiger charge is -2.20. The molecule has 1 amide bonds. The van der Waals surface area contributed by atoms with E-state index in [-0.39, 0.29) is 0 Å². The molecule has 0 aromatic carbocycles. The van der Waals surface area contributed by atoms with Gasteiger partial charge < -0.3 is 4.74 Å². The summed E-state index contributed by atoms with van der Waals surface area (Å²) in [7, 11) is 0. The number of hydrogen-bond donors (Lipinski definition) is 1. The minimum Gasteiger partial charge on any atom is -0.444 e. The summed E-state index contributed by atoms with van der Waals surface area (Å²) in [5, 5.41) is 2.74. The lowest BCUT2D eigenvalue weighted by atomic mass is 10.2. The number of allylic oxidation sites excluding steroid dienone is 1. The topological polar surface area (TPSA) is 51.2 Å². The zero-order valence-corrected chi connectivity index (χ0v) is 14.0. The van der Waals surface area contributed by atoms with Crippen LogP contribution in [-0.4, -0.2) is 16.7 Å². The van der Waals surface area contributed by atoms with Crippen molar-refractivity contribution < 1.29 is 9.53 Å². The van der Waals surface area contributed by atoms with Gasteiger partial charge in [-0.15, -0.1) is 5.73 Å². The average molecular weight is 302 g/mol. The van der Waals surface area contributed by atoms with Gasteiger partial charge in [-0.1, -0.05) is 19.8 Å². The fourth-order valence-electron chi connectivity index (χ4n) is 1.78. The number of carbonyl (C=O) groups is 1. The molecule has 1 rings (SSSR count). The van der Waals surface area contributed by atoms with Gasteiger partial charge in [-0.2, -0.15) is 0 Å². The Kier molecular flexibility index (Phi) is 7.41. The Labute approximate surface area is 133 Å². The van der Waals surface area contributed by atoms with Gasteiger partial charge in [0.1, 0.15) is 5.60 Å². The third-order valence-electron chi connectivity index (χ3n) is 2.80. The maximum absolute atomic E-state index is 11.8. The van der Waals surface area contributed by atoms with E-state index in [0.29, 0.717) is 5.69 Å². The highest BCUT2D eigenvalue weighted by Crippen LogP contribution is 2.17. The first kappa shape index (κ1) is 18.0. The molecule has 0 aliphatic heterocycles. The third kappa shape index (κ3) is 7.65. The maximum atomic E-state index is 11.8. The van der Waals surface area contributed by atoms with Crippen molar-refractivity contribution in [2.75, 3.05) is 5.32 Å². The largest absolute Gasteiger partial charge is 0.444 e. The van der Waals surface area contributed by atoms with Gasteiger partial charge in [-0.05, 0) is 51.8 Å². The van der Waals surface area contributed by atoms with Crippen LogP contribution in [0.5, 0.6) is 0 Å². The van der Waals surface area contributed by atoms with Crippen molar-refractivity contribution in [3.05, 3.63) is 35.8 Å². The number of amides is 1. The van der Waals surface area contributed by atoms with Crippen LogP contribution in [0.1, 0.15) is 58.9 Å². The number of rotatable bonds is 6. The Hall–Kier alpha value is -2.06. The molecule has 0 saturated heterocycles. The summed E-state index contributed by atoms with van der Waals surface area (Å²) in [4.78, 5) is 15.9. The highest BCUT2D eigenvalue weighted by Gasteiger charge is 2.16. The van der Waals surface area contributed by atoms with Crippen molar-refractivity contribution in [1.82, 2.24) is 4.98 Å². The predicted molar refractivity (Wildman–Crippen MR) is 90.8 cm³/mol. The summed E-state index contributed by atoms with van der Waals surface area (Å²) in [6.45, 7) is 7.68. The zero-order chi connectivity index (χ0) is 16.4. The highest BCUT2D eigenvalue weighted by atomic mass is 16.6. The molecule has 22 heavy (non-hydrogen) atoms. The van der Waals surface area contributed by atoms with Gasteiger partial charge in [0.15, 0.2) is 0 Å². The van der Waals surface area contributed by atoms with E-state index in [4.69, 9.17) is 4.74 Å². The molecule has 1 heterocycles. The molecule has 1 aromatic rings. The van der Waals surface area contributed by atoms with E-state index < -0.39 is 11.7 Å². The summed E-state index contributed by atoms with van der Waals surface area (Å²) in [6, 6.07) is 1.74. The summed E-state index contributed by atoms with van der Waals surface area (Å²) in [5.41, 5.74) is 4.09. The van der Waals surface area contributed by atoms with Crippen molar-refractivity contribution in [3.8, 4) is 0 Å². The first-order chi connectivity index (χ1) is 10.4. The number of unbranched alkanes of at least 4 members (excludes halogenated alkanes) is 3. The molecule has 0 spiro atoms. The van der Waals surface area contributed by atoms with E-state index in [0.717, 1.165) is 12.0 Å². The molecule has 1 N–H and O–H groups in total. The van der Waals surface area contributed by atoms with Crippen molar-refractivity contribution in [2.24, 2.45) is 0 Å². The molecule has 120 valence electrons. The van der Waals surface area contributed by atoms with Crippen LogP contribution in [0, 0.1) is 0 Å². The first-order valence-corrected chi connectivity index (χ1v) is 7.77. The Morgan fingerprint density at radius 1 is 1.41 bits per heavy atom. The normalized spacial score (nSPS) is 10.5. The lowest BCUT2D eigenvalue weighted by molar-refractivity contribution is 0.0636. The second kappa shape index (κ2) is 9.06. The van der Waals surface area contributed by atoms with Crippen LogP contribution in [0.2, 0.25) is 0 Å². The fourth-order valence-corrected chi connectivity index (χ4v) is 1.78. The number of ether oxygens (including phenoxy) is 1. The van der Waals surface area contributed by atoms with Crippen LogP contribution in [-0.2, 0) is 4.74 Å². The van der Waals surface area contributed by atoms with Gasteiger partial charge in [0, 0.05) is 18.0 Å². The second-order valence-electron chi connectivity index (χ2n) is 6.10. The standard InChI is InChI=1S/C18H26N2O2/c1-5-6-7-8-9-10-11-15-14-19-13-12-16(15)20-17(21)22-18(2,3)4/h9,11-14H,5-8H2,1-4H3,(H,19,20,21). The molecular formula is C18H26N2O2. The van der Waals surface area contributed by atoms with Crippen LogP contribution in [0.4, 0.5) is 10.5 Å². The van der Waals surface area contributed by atoms with Crippen molar-refractivity contribution in [1.29, 1.82) is 0 Å². The molecule has 0 radical (unpaired) electrons. The zero-order valence-electron chi connectivity index (χ0n) is 14.0. The molecular weight excluding hydrogens is 276 g/mol. The van der Waals surface area contributed by atoms with Gasteiger partial charge in [-0.25, -0.2) is 4.79 Å². The monoisotopic (exact) mass is 302 g/mol. The molecule has 0 atom stereocenters. The van der Waals surface area contributed by atoms with E-state index in [1.165, 1.54) is 19.3 Å². The van der Waals surface area contributed by atoms with Crippen molar-refractivity contribution >= 4 is 17.9 Å². The smallest absolute Gasteiger partial charge is 0.412 e. The molecule has 0 saturated carbocycles. The van der Waals surface area contributed by atoms with Gasteiger partial charge in [0.2, 0.25) is 0 Å². The van der Waals surface area contributed by atoms with Gasteiger partial charge >= 0.3 is 6.09 Å². The van der Waals surface area contributed by atoms with Crippen LogP contribution in [0.3, 0.4) is 0 Å². The van der Waals surface area contributed by atoms with E-state index in [2.05, 4.69) is 23.0 Å². The summed E-state index contributed by atoms with van der Waals surface area (Å²) in [5.74, 6) is 0. The average Bonchev–Trinajstić information content (AvgIpc) is 2.42. The van der Waals surface area contributed by atoms with Gasteiger partial charge in [0.05, 0.1) is 5.69 Å². The van der Waals surface area contributed by atoms with Crippen LogP contribution >= 0.6 is 0 Å². The number of carbonyl (C=O) groups excluding carboxylic acids is 1. The Morgan fingerprint density at radius 2 is 2.18 bits per heavy atom. The number of aromatic nitrogens is 1. The fraction of sp³-hybridized carbons (Fsp3) is 0.500. The number of pyridine rings is 1. The minimum absolute atomic E-state index is 0.472. The molecule has 4 heteroatoms. The molecule has 4 nitrogen and oxygen atoms in total. The Morgan fingerprint density at radius 3 is 2.86 bits per heavy atom. The number of nitrogens with zero attached hydrogens (tertiary/aromatic N) is 1. The van der Waals surface area contributed by atoms with E-state index in [9.17, 15) is 4.79 Å². The number of nitrogens with one attached hydrogen (secondary N) is 1. The SMILES string of the molecule is CCCCCC=C=Cc1cnccc1NC(=O)OC(C)(C)C. The molecule has 1 aromatic heterocycles. The predicted octanol–water partition coefficient (Wildman–Crippen LogP) is 5.18. The molecule has 0 aliphatic rings. The van der Waals surface area contributed by atoms with Crippen LogP contribution in [0.25, 0.3) is 6.08 Å². The van der Waals surface area contributed by atoms with Gasteiger partial charge in [0.25, 0.3) is 0 Å². The van der Waals surface area contributed by atoms with Crippen LogP contribution < -0.4 is 5.32 Å². The summed E-state index contributed by atoms with van der Waals surface area (Å²) in [6.07, 6.45) is 11.3. The second-order valence-corrected chi connectivity index (χ2v) is 6.10. The van der Waals surface area contributed by atoms with E-state index in [1.807, 2.05) is 32.9 Å². The first-order valence-electron chi connectivity index (χ1n) is 7.77. The maximum Gasteiger partial charge on any atom is 0.412 e. The van der Waals surface area contributed by atoms with Crippen molar-refractivity contribution in [3.63, 3.8) is 0 Å².